The van der Waals surface area contributed by atoms with Crippen molar-refractivity contribution in [3.8, 4) is 0 Å². The summed E-state index contributed by atoms with van der Waals surface area (Å²) in [6, 6.07) is 1.48. The molecule has 2 aliphatic rings. The summed E-state index contributed by atoms with van der Waals surface area (Å²) < 4.78 is 30.4. The fraction of sp³-hybridized carbons (Fsp3) is 0.538. The Morgan fingerprint density at radius 2 is 2.10 bits per heavy atom. The van der Waals surface area contributed by atoms with Crippen LogP contribution in [0.1, 0.15) is 23.2 Å². The molecule has 108 valence electrons. The molecule has 0 atom stereocenters. The van der Waals surface area contributed by atoms with E-state index < -0.39 is 11.9 Å². The Hall–Kier alpha value is -1.43. The molecule has 1 saturated carbocycles. The zero-order valence-corrected chi connectivity index (χ0v) is 11.6. The average molecular weight is 303 g/mol. The maximum atomic E-state index is 12.9. The highest BCUT2D eigenvalue weighted by Gasteiger charge is 2.62. The van der Waals surface area contributed by atoms with Crippen LogP contribution in [0.2, 0.25) is 5.02 Å². The second-order valence-electron chi connectivity index (χ2n) is 5.59. The van der Waals surface area contributed by atoms with Gasteiger partial charge in [0.1, 0.15) is 5.82 Å². The first-order valence-corrected chi connectivity index (χ1v) is 6.59. The lowest BCUT2D eigenvalue weighted by Crippen LogP contribution is -2.66. The number of hydrogen-bond donors (Lipinski definition) is 0. The SMILES string of the molecule is COC(=O)c1cnc(N2CC3(C2)CC(F)(F)C3)c(Cl)c1. The fourth-order valence-electron chi connectivity index (χ4n) is 3.08. The second kappa shape index (κ2) is 4.28. The molecule has 0 bridgehead atoms. The number of anilines is 1. The van der Waals surface area contributed by atoms with Crippen molar-refractivity contribution in [1.29, 1.82) is 0 Å². The minimum atomic E-state index is -2.52. The van der Waals surface area contributed by atoms with Crippen LogP contribution in [0.4, 0.5) is 14.6 Å². The number of aromatic nitrogens is 1. The molecule has 0 radical (unpaired) electrons. The van der Waals surface area contributed by atoms with Crippen LogP contribution in [0.5, 0.6) is 0 Å². The van der Waals surface area contributed by atoms with Crippen LogP contribution in [0.25, 0.3) is 0 Å². The van der Waals surface area contributed by atoms with Gasteiger partial charge in [-0.05, 0) is 6.07 Å². The van der Waals surface area contributed by atoms with E-state index in [1.165, 1.54) is 19.4 Å². The van der Waals surface area contributed by atoms with Crippen molar-refractivity contribution >= 4 is 23.4 Å². The van der Waals surface area contributed by atoms with Crippen molar-refractivity contribution in [2.75, 3.05) is 25.1 Å². The van der Waals surface area contributed by atoms with Gasteiger partial charge in [0.25, 0.3) is 0 Å². The van der Waals surface area contributed by atoms with Crippen LogP contribution >= 0.6 is 11.6 Å². The molecular weight excluding hydrogens is 290 g/mol. The van der Waals surface area contributed by atoms with Gasteiger partial charge >= 0.3 is 5.97 Å². The molecule has 2 fully saturated rings. The lowest BCUT2D eigenvalue weighted by Gasteiger charge is -2.59. The Labute approximate surface area is 119 Å². The van der Waals surface area contributed by atoms with Gasteiger partial charge in [0.05, 0.1) is 17.7 Å². The first-order valence-electron chi connectivity index (χ1n) is 6.21. The van der Waals surface area contributed by atoms with E-state index in [4.69, 9.17) is 11.6 Å². The molecule has 20 heavy (non-hydrogen) atoms. The van der Waals surface area contributed by atoms with Gasteiger partial charge in [0.15, 0.2) is 0 Å². The Bertz CT molecular complexity index is 563. The summed E-state index contributed by atoms with van der Waals surface area (Å²) in [6.07, 6.45) is 1.26. The molecule has 7 heteroatoms. The molecule has 1 aromatic rings. The molecule has 1 saturated heterocycles. The summed E-state index contributed by atoms with van der Waals surface area (Å²) in [6.45, 7) is 1.07. The third-order valence-corrected chi connectivity index (χ3v) is 4.14. The van der Waals surface area contributed by atoms with E-state index in [0.29, 0.717) is 23.9 Å². The van der Waals surface area contributed by atoms with Gasteiger partial charge in [0.2, 0.25) is 5.92 Å². The van der Waals surface area contributed by atoms with Crippen LogP contribution in [-0.2, 0) is 4.74 Å². The average Bonchev–Trinajstić information content (AvgIpc) is 2.32. The van der Waals surface area contributed by atoms with Crippen LogP contribution in [0.15, 0.2) is 12.3 Å². The van der Waals surface area contributed by atoms with E-state index in [2.05, 4.69) is 9.72 Å². The highest BCUT2D eigenvalue weighted by molar-refractivity contribution is 6.33. The van der Waals surface area contributed by atoms with Crippen LogP contribution in [-0.4, -0.2) is 37.1 Å². The van der Waals surface area contributed by atoms with Crippen molar-refractivity contribution in [3.63, 3.8) is 0 Å². The number of esters is 1. The zero-order chi connectivity index (χ0) is 14.5. The van der Waals surface area contributed by atoms with Crippen LogP contribution in [0.3, 0.4) is 0 Å². The summed E-state index contributed by atoms with van der Waals surface area (Å²) in [5.74, 6) is -2.50. The molecule has 1 aliphatic carbocycles. The third-order valence-electron chi connectivity index (χ3n) is 3.86. The van der Waals surface area contributed by atoms with Gasteiger partial charge in [-0.15, -0.1) is 0 Å². The van der Waals surface area contributed by atoms with Crippen molar-refractivity contribution in [1.82, 2.24) is 4.98 Å². The highest BCUT2D eigenvalue weighted by Crippen LogP contribution is 2.57. The van der Waals surface area contributed by atoms with E-state index >= 15 is 0 Å². The number of halogens is 3. The summed E-state index contributed by atoms with van der Waals surface area (Å²) in [5, 5.41) is 0.328. The minimum absolute atomic E-state index is 0.0611. The van der Waals surface area contributed by atoms with Crippen LogP contribution in [0, 0.1) is 5.41 Å². The van der Waals surface area contributed by atoms with Gasteiger partial charge in [0, 0.05) is 37.5 Å². The number of rotatable bonds is 2. The van der Waals surface area contributed by atoms with Crippen molar-refractivity contribution in [2.24, 2.45) is 5.41 Å². The second-order valence-corrected chi connectivity index (χ2v) is 5.99. The minimum Gasteiger partial charge on any atom is -0.465 e. The van der Waals surface area contributed by atoms with E-state index in [1.54, 1.807) is 0 Å². The maximum Gasteiger partial charge on any atom is 0.339 e. The standard InChI is InChI=1S/C13H13ClF2N2O2/c1-20-11(19)8-2-9(14)10(17-3-8)18-6-12(7-18)4-13(15,16)5-12/h2-3H,4-7H2,1H3. The molecule has 0 amide bonds. The fourth-order valence-corrected chi connectivity index (χ4v) is 3.36. The summed E-state index contributed by atoms with van der Waals surface area (Å²) >= 11 is 6.09. The predicted octanol–water partition coefficient (Wildman–Crippen LogP) is 2.76. The molecule has 0 N–H and O–H groups in total. The predicted molar refractivity (Wildman–Crippen MR) is 69.4 cm³/mol. The third kappa shape index (κ3) is 2.12. The molecule has 4 nitrogen and oxygen atoms in total. The quantitative estimate of drug-likeness (QED) is 0.788. The van der Waals surface area contributed by atoms with Crippen LogP contribution < -0.4 is 4.90 Å². The highest BCUT2D eigenvalue weighted by atomic mass is 35.5. The number of carbonyl (C=O) groups excluding carboxylic acids is 1. The van der Waals surface area contributed by atoms with Crippen molar-refractivity contribution < 1.29 is 18.3 Å². The number of methoxy groups -OCH3 is 1. The van der Waals surface area contributed by atoms with Crippen molar-refractivity contribution in [2.45, 2.75) is 18.8 Å². The molecule has 2 heterocycles. The summed E-state index contributed by atoms with van der Waals surface area (Å²) in [4.78, 5) is 17.3. The number of carbonyl (C=O) groups is 1. The first kappa shape index (κ1) is 13.5. The Morgan fingerprint density at radius 1 is 1.45 bits per heavy atom. The lowest BCUT2D eigenvalue weighted by molar-refractivity contribution is -0.170. The molecule has 3 rings (SSSR count). The largest absolute Gasteiger partial charge is 0.465 e. The Balaban J connectivity index is 1.70. The smallest absolute Gasteiger partial charge is 0.339 e. The maximum absolute atomic E-state index is 12.9. The van der Waals surface area contributed by atoms with Gasteiger partial charge in [-0.25, -0.2) is 18.6 Å². The number of pyridine rings is 1. The van der Waals surface area contributed by atoms with E-state index in [-0.39, 0.29) is 23.8 Å². The molecule has 1 aliphatic heterocycles. The topological polar surface area (TPSA) is 42.4 Å². The number of alkyl halides is 2. The van der Waals surface area contributed by atoms with Crippen molar-refractivity contribution in [3.05, 3.63) is 22.8 Å². The molecular formula is C13H13ClF2N2O2. The Morgan fingerprint density at radius 3 is 2.60 bits per heavy atom. The normalized spacial score (nSPS) is 22.1. The molecule has 1 aromatic heterocycles. The lowest BCUT2D eigenvalue weighted by atomic mass is 9.61. The molecule has 0 aromatic carbocycles. The van der Waals surface area contributed by atoms with Gasteiger partial charge in [-0.1, -0.05) is 11.6 Å². The number of hydrogen-bond acceptors (Lipinski definition) is 4. The van der Waals surface area contributed by atoms with Gasteiger partial charge in [-0.3, -0.25) is 0 Å². The number of ether oxygens (including phenoxy) is 1. The first-order chi connectivity index (χ1) is 9.34. The summed E-state index contributed by atoms with van der Waals surface area (Å²) in [5.41, 5.74) is -0.0122. The van der Waals surface area contributed by atoms with E-state index in [0.717, 1.165) is 0 Å². The summed E-state index contributed by atoms with van der Waals surface area (Å²) in [7, 11) is 1.28. The Kier molecular flexibility index (Phi) is 2.90. The monoisotopic (exact) mass is 302 g/mol. The zero-order valence-electron chi connectivity index (χ0n) is 10.8. The van der Waals surface area contributed by atoms with E-state index in [1.807, 2.05) is 4.90 Å². The molecule has 1 spiro atoms. The van der Waals surface area contributed by atoms with Gasteiger partial charge in [-0.2, -0.15) is 0 Å². The van der Waals surface area contributed by atoms with Gasteiger partial charge < -0.3 is 9.64 Å². The number of nitrogens with zero attached hydrogens (tertiary/aromatic N) is 2. The van der Waals surface area contributed by atoms with E-state index in [9.17, 15) is 13.6 Å². The molecule has 0 unspecified atom stereocenters.